The molecule has 4 rings (SSSR count). The van der Waals surface area contributed by atoms with Gasteiger partial charge in [0, 0.05) is 17.2 Å². The summed E-state index contributed by atoms with van der Waals surface area (Å²) in [5.41, 5.74) is 2.40. The van der Waals surface area contributed by atoms with E-state index in [0.29, 0.717) is 22.9 Å². The summed E-state index contributed by atoms with van der Waals surface area (Å²) in [4.78, 5) is 41.2. The molecule has 3 N–H and O–H groups in total. The van der Waals surface area contributed by atoms with Crippen LogP contribution in [0.2, 0.25) is 0 Å². The number of hydrogen-bond donors (Lipinski definition) is 3. The Bertz CT molecular complexity index is 1230. The number of ether oxygens (including phenoxy) is 1. The molecule has 3 aromatic rings. The fraction of sp³-hybridized carbons (Fsp3) is 0.400. The fourth-order valence-electron chi connectivity index (χ4n) is 3.75. The number of nitrogens with one attached hydrogen (secondary N) is 3. The lowest BCUT2D eigenvalue weighted by molar-refractivity contribution is -0.144. The molecule has 0 saturated heterocycles. The number of nitrogens with zero attached hydrogens (tertiary/aromatic N) is 2. The lowest BCUT2D eigenvalue weighted by Gasteiger charge is -2.18. The first-order chi connectivity index (χ1) is 16.8. The highest BCUT2D eigenvalue weighted by atomic mass is 16.5. The number of aromatic nitrogens is 3. The van der Waals surface area contributed by atoms with Gasteiger partial charge in [0.05, 0.1) is 19.0 Å². The number of H-pyrrole nitrogens is 1. The number of benzene rings is 1. The van der Waals surface area contributed by atoms with Gasteiger partial charge in [-0.2, -0.15) is 5.10 Å². The van der Waals surface area contributed by atoms with Crippen LogP contribution in [0, 0.1) is 11.8 Å². The minimum Gasteiger partial charge on any atom is -0.467 e. The summed E-state index contributed by atoms with van der Waals surface area (Å²) in [5, 5.41) is 12.7. The summed E-state index contributed by atoms with van der Waals surface area (Å²) in [6.45, 7) is 5.62. The van der Waals surface area contributed by atoms with Gasteiger partial charge >= 0.3 is 5.97 Å². The average molecular weight is 480 g/mol. The average Bonchev–Trinajstić information content (AvgIpc) is 3.37. The monoisotopic (exact) mass is 479 g/mol. The van der Waals surface area contributed by atoms with Crippen molar-refractivity contribution in [2.24, 2.45) is 11.8 Å². The van der Waals surface area contributed by atoms with Crippen LogP contribution in [0.5, 0.6) is 0 Å². The molecule has 1 aliphatic rings. The maximum Gasteiger partial charge on any atom is 0.328 e. The highest BCUT2D eigenvalue weighted by molar-refractivity contribution is 5.95. The molecule has 1 aromatic carbocycles. The molecule has 0 spiro atoms. The van der Waals surface area contributed by atoms with Crippen LogP contribution < -0.4 is 10.6 Å². The standard InChI is InChI=1S/C25H29N5O5/c1-13(2)21(25(33)34-4)28-23(32)20-12-26-24(35-20)17-7-5-6-16(10-17)18-11-19(30-29-18)22(31)27-14(3)15-8-9-15/h5-7,10-15,21H,8-9H2,1-4H3,(H,27,31)(H,28,32)(H,29,30)/t14-,21?/m0/s1. The molecule has 0 radical (unpaired) electrons. The summed E-state index contributed by atoms with van der Waals surface area (Å²) < 4.78 is 10.4. The van der Waals surface area contributed by atoms with Crippen LogP contribution in [0.15, 0.2) is 40.9 Å². The van der Waals surface area contributed by atoms with Crippen LogP contribution in [0.3, 0.4) is 0 Å². The molecule has 35 heavy (non-hydrogen) atoms. The largest absolute Gasteiger partial charge is 0.467 e. The van der Waals surface area contributed by atoms with E-state index in [1.807, 2.05) is 25.1 Å². The molecule has 0 aliphatic heterocycles. The summed E-state index contributed by atoms with van der Waals surface area (Å²) in [7, 11) is 1.27. The van der Waals surface area contributed by atoms with Gasteiger partial charge in [-0.3, -0.25) is 14.7 Å². The van der Waals surface area contributed by atoms with E-state index in [2.05, 4.69) is 25.8 Å². The minimum absolute atomic E-state index is 0.0229. The lowest BCUT2D eigenvalue weighted by atomic mass is 10.0. The number of methoxy groups -OCH3 is 1. The van der Waals surface area contributed by atoms with E-state index in [4.69, 9.17) is 9.15 Å². The highest BCUT2D eigenvalue weighted by Crippen LogP contribution is 2.32. The third-order valence-electron chi connectivity index (χ3n) is 6.06. The Morgan fingerprint density at radius 2 is 1.83 bits per heavy atom. The Kier molecular flexibility index (Phi) is 6.99. The predicted octanol–water partition coefficient (Wildman–Crippen LogP) is 3.19. The van der Waals surface area contributed by atoms with Crippen LogP contribution in [-0.4, -0.2) is 52.2 Å². The SMILES string of the molecule is COC(=O)C(NC(=O)c1cnc(-c2cccc(-c3cc(C(=O)N[C@@H](C)C4CC4)n[nH]3)c2)o1)C(C)C. The van der Waals surface area contributed by atoms with Crippen molar-refractivity contribution in [3.05, 3.63) is 48.0 Å². The summed E-state index contributed by atoms with van der Waals surface area (Å²) in [6.07, 6.45) is 3.60. The maximum atomic E-state index is 12.6. The van der Waals surface area contributed by atoms with Gasteiger partial charge in [0.15, 0.2) is 5.69 Å². The van der Waals surface area contributed by atoms with Crippen LogP contribution in [-0.2, 0) is 9.53 Å². The Morgan fingerprint density at radius 3 is 2.51 bits per heavy atom. The second-order valence-electron chi connectivity index (χ2n) is 9.10. The number of hydrogen-bond acceptors (Lipinski definition) is 7. The molecule has 2 heterocycles. The third kappa shape index (κ3) is 5.59. The molecule has 10 heteroatoms. The van der Waals surface area contributed by atoms with Gasteiger partial charge < -0.3 is 19.8 Å². The summed E-state index contributed by atoms with van der Waals surface area (Å²) >= 11 is 0. The van der Waals surface area contributed by atoms with Gasteiger partial charge in [0.2, 0.25) is 11.7 Å². The zero-order valence-electron chi connectivity index (χ0n) is 20.1. The van der Waals surface area contributed by atoms with Crippen molar-refractivity contribution < 1.29 is 23.5 Å². The zero-order chi connectivity index (χ0) is 25.1. The number of oxazole rings is 1. The molecule has 2 amide bonds. The molecule has 184 valence electrons. The summed E-state index contributed by atoms with van der Waals surface area (Å²) in [5.74, 6) is -0.693. The van der Waals surface area contributed by atoms with E-state index >= 15 is 0 Å². The molecule has 1 saturated carbocycles. The van der Waals surface area contributed by atoms with Crippen molar-refractivity contribution in [3.63, 3.8) is 0 Å². The number of carbonyl (C=O) groups excluding carboxylic acids is 3. The van der Waals surface area contributed by atoms with Gasteiger partial charge in [-0.1, -0.05) is 26.0 Å². The van der Waals surface area contributed by atoms with E-state index in [0.717, 1.165) is 18.4 Å². The van der Waals surface area contributed by atoms with E-state index in [-0.39, 0.29) is 29.5 Å². The zero-order valence-corrected chi connectivity index (χ0v) is 20.1. The molecule has 0 bridgehead atoms. The number of rotatable bonds is 9. The van der Waals surface area contributed by atoms with Crippen molar-refractivity contribution in [2.45, 2.75) is 45.7 Å². The predicted molar refractivity (Wildman–Crippen MR) is 127 cm³/mol. The van der Waals surface area contributed by atoms with E-state index in [1.54, 1.807) is 26.0 Å². The number of amides is 2. The Hall–Kier alpha value is -3.95. The van der Waals surface area contributed by atoms with Crippen LogP contribution in [0.4, 0.5) is 0 Å². The highest BCUT2D eigenvalue weighted by Gasteiger charge is 2.30. The van der Waals surface area contributed by atoms with Crippen molar-refractivity contribution in [3.8, 4) is 22.7 Å². The maximum absolute atomic E-state index is 12.6. The molecule has 1 fully saturated rings. The number of carbonyl (C=O) groups is 3. The van der Waals surface area contributed by atoms with Crippen LogP contribution in [0.1, 0.15) is 54.7 Å². The third-order valence-corrected chi connectivity index (χ3v) is 6.06. The smallest absolute Gasteiger partial charge is 0.328 e. The topological polar surface area (TPSA) is 139 Å². The van der Waals surface area contributed by atoms with Crippen LogP contribution >= 0.6 is 0 Å². The van der Waals surface area contributed by atoms with E-state index in [1.165, 1.54) is 13.3 Å². The first kappa shape index (κ1) is 24.2. The van der Waals surface area contributed by atoms with Crippen molar-refractivity contribution in [1.29, 1.82) is 0 Å². The fourth-order valence-corrected chi connectivity index (χ4v) is 3.75. The Labute approximate surface area is 202 Å². The molecule has 1 unspecified atom stereocenters. The van der Waals surface area contributed by atoms with Gasteiger partial charge in [0.25, 0.3) is 11.8 Å². The first-order valence-corrected chi connectivity index (χ1v) is 11.6. The van der Waals surface area contributed by atoms with Gasteiger partial charge in [-0.15, -0.1) is 0 Å². The second-order valence-corrected chi connectivity index (χ2v) is 9.10. The van der Waals surface area contributed by atoms with E-state index in [9.17, 15) is 14.4 Å². The molecular formula is C25H29N5O5. The normalized spacial score (nSPS) is 14.9. The first-order valence-electron chi connectivity index (χ1n) is 11.6. The van der Waals surface area contributed by atoms with Crippen LogP contribution in [0.25, 0.3) is 22.7 Å². The molecule has 2 aromatic heterocycles. The molecular weight excluding hydrogens is 450 g/mol. The van der Waals surface area contributed by atoms with Crippen molar-refractivity contribution >= 4 is 17.8 Å². The molecule has 1 aliphatic carbocycles. The van der Waals surface area contributed by atoms with Gasteiger partial charge in [0.1, 0.15) is 6.04 Å². The van der Waals surface area contributed by atoms with Gasteiger partial charge in [-0.25, -0.2) is 9.78 Å². The summed E-state index contributed by atoms with van der Waals surface area (Å²) in [6, 6.07) is 8.32. The van der Waals surface area contributed by atoms with E-state index < -0.39 is 17.9 Å². The lowest BCUT2D eigenvalue weighted by Crippen LogP contribution is -2.44. The number of aromatic amines is 1. The quantitative estimate of drug-likeness (QED) is 0.401. The Balaban J connectivity index is 1.47. The van der Waals surface area contributed by atoms with Crippen molar-refractivity contribution in [1.82, 2.24) is 25.8 Å². The minimum atomic E-state index is -0.802. The van der Waals surface area contributed by atoms with Crippen molar-refractivity contribution in [2.75, 3.05) is 7.11 Å². The Morgan fingerprint density at radius 1 is 1.09 bits per heavy atom. The molecule has 10 nitrogen and oxygen atoms in total. The second kappa shape index (κ2) is 10.1. The van der Waals surface area contributed by atoms with Gasteiger partial charge in [-0.05, 0) is 49.8 Å². The molecule has 2 atom stereocenters. The number of esters is 1.